The van der Waals surface area contributed by atoms with Crippen molar-refractivity contribution in [3.8, 4) is 33.6 Å². The number of benzene rings is 3. The first-order valence-electron chi connectivity index (χ1n) is 19.5. The van der Waals surface area contributed by atoms with E-state index < -0.39 is 26.4 Å². The maximum atomic E-state index is 8.87. The number of pyridine rings is 2. The fourth-order valence-corrected chi connectivity index (χ4v) is 5.62. The molecule has 0 aliphatic heterocycles. The summed E-state index contributed by atoms with van der Waals surface area (Å²) in [7, 11) is 7.86. The molecule has 229 valence electrons. The van der Waals surface area contributed by atoms with Crippen LogP contribution in [0.4, 0.5) is 0 Å². The van der Waals surface area contributed by atoms with E-state index in [9.17, 15) is 0 Å². The molecular weight excluding hydrogens is 713 g/mol. The van der Waals surface area contributed by atoms with Crippen molar-refractivity contribution in [2.75, 3.05) is 0 Å². The quantitative estimate of drug-likeness (QED) is 0.127. The van der Waals surface area contributed by atoms with E-state index in [-0.39, 0.29) is 36.8 Å². The first-order chi connectivity index (χ1) is 24.7. The molecule has 0 amide bonds. The Bertz CT molecular complexity index is 2020. The smallest absolute Gasteiger partial charge is 0.0722 e. The van der Waals surface area contributed by atoms with Crippen LogP contribution < -0.4 is 9.13 Å². The van der Waals surface area contributed by atoms with Gasteiger partial charge in [0.25, 0.3) is 0 Å². The number of rotatable bonds is 4. The zero-order valence-corrected chi connectivity index (χ0v) is 27.2. The zero-order valence-electron chi connectivity index (χ0n) is 34.8. The van der Waals surface area contributed by atoms with Gasteiger partial charge in [0.15, 0.2) is 0 Å². The SMILES string of the molecule is [2H]C([2H])([2H])c1c[n+]([CH2-])c(-c2ccccc2[CH2-])cc1-c1ccc(C2([2H])CCCCC2)cc1.[2H]C([2H])([2H])c1ccc(-c2ccc(C([2H])([2H])[2H])c[n+]2[CH2-])c([CH2-])c1.[Ir]. The van der Waals surface area contributed by atoms with E-state index in [2.05, 4.69) is 27.9 Å². The van der Waals surface area contributed by atoms with Gasteiger partial charge in [-0.05, 0) is 60.3 Å². The third-order valence-corrected chi connectivity index (χ3v) is 7.93. The van der Waals surface area contributed by atoms with E-state index in [1.165, 1.54) is 35.4 Å². The van der Waals surface area contributed by atoms with Gasteiger partial charge in [-0.1, -0.05) is 80.7 Å². The molecule has 0 spiro atoms. The number of aryl methyl sites for hydroxylation is 3. The van der Waals surface area contributed by atoms with Crippen molar-refractivity contribution in [2.45, 2.75) is 58.6 Å². The largest absolute Gasteiger partial charge is 0.343 e. The average molecular weight is 767 g/mol. The van der Waals surface area contributed by atoms with Crippen LogP contribution in [0, 0.1) is 48.5 Å². The molecular formula is C41H44IrN2-2. The molecule has 1 aliphatic rings. The van der Waals surface area contributed by atoms with Crippen LogP contribution in [0.2, 0.25) is 0 Å². The molecule has 1 saturated carbocycles. The number of hydrogen-bond donors (Lipinski definition) is 0. The van der Waals surface area contributed by atoms with Gasteiger partial charge in [0.2, 0.25) is 0 Å². The Hall–Kier alpha value is -3.91. The van der Waals surface area contributed by atoms with Crippen LogP contribution in [0.15, 0.2) is 97.3 Å². The molecule has 44 heavy (non-hydrogen) atoms. The normalized spacial score (nSPS) is 17.9. The summed E-state index contributed by atoms with van der Waals surface area (Å²) < 4.78 is 80.6. The fourth-order valence-electron chi connectivity index (χ4n) is 5.62. The molecule has 2 heterocycles. The summed E-state index contributed by atoms with van der Waals surface area (Å²) in [4.78, 5) is 0. The van der Waals surface area contributed by atoms with Gasteiger partial charge in [-0.25, -0.2) is 0 Å². The Kier molecular flexibility index (Phi) is 7.27. The molecule has 0 saturated heterocycles. The molecule has 2 nitrogen and oxygen atoms in total. The molecule has 1 radical (unpaired) electrons. The van der Waals surface area contributed by atoms with Crippen molar-refractivity contribution >= 4 is 0 Å². The van der Waals surface area contributed by atoms with E-state index in [0.29, 0.717) is 22.4 Å². The van der Waals surface area contributed by atoms with E-state index in [4.69, 9.17) is 13.7 Å². The van der Waals surface area contributed by atoms with Crippen molar-refractivity contribution in [1.82, 2.24) is 0 Å². The van der Waals surface area contributed by atoms with Gasteiger partial charge >= 0.3 is 0 Å². The zero-order chi connectivity index (χ0) is 38.9. The Morgan fingerprint density at radius 3 is 2.00 bits per heavy atom. The molecule has 1 fully saturated rings. The molecule has 0 unspecified atom stereocenters. The van der Waals surface area contributed by atoms with Crippen molar-refractivity contribution in [2.24, 2.45) is 0 Å². The van der Waals surface area contributed by atoms with Crippen LogP contribution in [0.25, 0.3) is 33.6 Å². The maximum absolute atomic E-state index is 8.87. The van der Waals surface area contributed by atoms with Gasteiger partial charge in [0.05, 0.1) is 23.8 Å². The summed E-state index contributed by atoms with van der Waals surface area (Å²) in [5.41, 5.74) is 7.68. The second-order valence-electron chi connectivity index (χ2n) is 11.0. The molecule has 1 aliphatic carbocycles. The van der Waals surface area contributed by atoms with Gasteiger partial charge in [0, 0.05) is 47.9 Å². The number of nitrogens with zero attached hydrogens (tertiary/aromatic N) is 2. The second-order valence-corrected chi connectivity index (χ2v) is 11.0. The molecule has 0 bridgehead atoms. The summed E-state index contributed by atoms with van der Waals surface area (Å²) in [6, 6.07) is 25.4. The minimum absolute atomic E-state index is 0. The fraction of sp³-hybridized carbons (Fsp3) is 0.220. The molecule has 6 rings (SSSR count). The first-order valence-corrected chi connectivity index (χ1v) is 14.5. The minimum atomic E-state index is -2.27. The Balaban J connectivity index is 0.000000250. The average Bonchev–Trinajstić information content (AvgIpc) is 3.08. The summed E-state index contributed by atoms with van der Waals surface area (Å²) in [5.74, 6) is -0.533. The van der Waals surface area contributed by atoms with Crippen LogP contribution in [-0.4, -0.2) is 0 Å². The van der Waals surface area contributed by atoms with Gasteiger partial charge in [-0.3, -0.25) is 0 Å². The Morgan fingerprint density at radius 1 is 0.659 bits per heavy atom. The van der Waals surface area contributed by atoms with Gasteiger partial charge in [0.1, 0.15) is 0 Å². The van der Waals surface area contributed by atoms with Crippen LogP contribution >= 0.6 is 0 Å². The van der Waals surface area contributed by atoms with Crippen LogP contribution in [-0.2, 0) is 20.1 Å². The van der Waals surface area contributed by atoms with E-state index >= 15 is 0 Å². The summed E-state index contributed by atoms with van der Waals surface area (Å²) in [5, 5.41) is 0. The second kappa shape index (κ2) is 14.7. The van der Waals surface area contributed by atoms with E-state index in [0.717, 1.165) is 53.6 Å². The van der Waals surface area contributed by atoms with Gasteiger partial charge in [-0.2, -0.15) is 37.1 Å². The predicted molar refractivity (Wildman–Crippen MR) is 180 cm³/mol. The van der Waals surface area contributed by atoms with Crippen molar-refractivity contribution < 1.29 is 42.9 Å². The standard InChI is InChI=1S/C26H28N.C15H16N.Ir/c1-19-9-7-8-12-24(19)26-17-25(20(2)18-27(26)3)23-15-13-22(14-16-23)21-10-5-4-6-11-21;1-11-5-7-14(13(3)9-11)15-8-6-12(2)10-16(15)4;/h7-9,12-18,21H,1,3-6,10-11H2,2H3;5-10H,3-4H2,1-2H3;/q2*-1;/i2D3,21D;1D3,2D3;. The molecule has 0 N–H and O–H groups in total. The van der Waals surface area contributed by atoms with E-state index in [1.807, 2.05) is 54.6 Å². The topological polar surface area (TPSA) is 7.76 Å². The van der Waals surface area contributed by atoms with Crippen LogP contribution in [0.5, 0.6) is 0 Å². The van der Waals surface area contributed by atoms with Crippen LogP contribution in [0.1, 0.15) is 85.1 Å². The Morgan fingerprint density at radius 2 is 1.34 bits per heavy atom. The van der Waals surface area contributed by atoms with Gasteiger partial charge < -0.3 is 9.13 Å². The summed E-state index contributed by atoms with van der Waals surface area (Å²) >= 11 is 0. The number of hydrogen-bond acceptors (Lipinski definition) is 0. The monoisotopic (exact) mass is 767 g/mol. The summed E-state index contributed by atoms with van der Waals surface area (Å²) in [6.07, 6.45) is 8.18. The van der Waals surface area contributed by atoms with E-state index in [1.54, 1.807) is 22.9 Å². The van der Waals surface area contributed by atoms with Gasteiger partial charge in [-0.15, -0.1) is 34.9 Å². The van der Waals surface area contributed by atoms with Crippen molar-refractivity contribution in [3.05, 3.63) is 159 Å². The predicted octanol–water partition coefficient (Wildman–Crippen LogP) is 9.56. The molecule has 2 aromatic heterocycles. The number of aromatic nitrogens is 2. The third kappa shape index (κ3) is 7.59. The molecule has 3 heteroatoms. The van der Waals surface area contributed by atoms with Crippen molar-refractivity contribution in [3.63, 3.8) is 0 Å². The minimum Gasteiger partial charge on any atom is -0.343 e. The molecule has 0 atom stereocenters. The summed E-state index contributed by atoms with van der Waals surface area (Å²) in [6.45, 7) is 1.34. The first kappa shape index (κ1) is 21.7. The molecule has 5 aromatic rings. The maximum Gasteiger partial charge on any atom is 0.0722 e. The van der Waals surface area contributed by atoms with Crippen molar-refractivity contribution in [1.29, 1.82) is 0 Å². The Labute approximate surface area is 293 Å². The van der Waals surface area contributed by atoms with Crippen LogP contribution in [0.3, 0.4) is 0 Å². The molecule has 3 aromatic carbocycles. The third-order valence-electron chi connectivity index (χ3n) is 7.93.